The molecular weight excluding hydrogens is 861 g/mol. The lowest BCUT2D eigenvalue weighted by molar-refractivity contribution is -0.138. The van der Waals surface area contributed by atoms with E-state index in [9.17, 15) is 43.2 Å². The number of carbonyl (C=O) groups is 9. The van der Waals surface area contributed by atoms with E-state index < -0.39 is 116 Å². The molecule has 0 aliphatic carbocycles. The molecule has 66 heavy (non-hydrogen) atoms. The highest BCUT2D eigenvalue weighted by Gasteiger charge is 2.33. The first-order valence-electron chi connectivity index (χ1n) is 21.8. The SMILES string of the molecule is CC(C)C[C@H](NC(=O)[C@@H](N)Cc1c[nH]c2ccccc12)C(=O)N[C@H](C(=O)N[C@@H](CCCCN)C(=O)NCC(=O)N[C@@H](CCCN=C(N)N)C(=O)NCC(=O)NCC(=O)NCC(=O)O)C(C)C. The standard InChI is InChI=1S/C42H68N14O10/c1-23(2)16-31(55-37(62)27(44)17-25-18-48-28-11-6-5-10-26(25)28)40(65)56-36(24(3)4)41(66)54-30(12-7-8-14-43)39(64)52-21-34(59)53-29(13-9-15-47-42(45)46)38(63)51-20-33(58)49-19-32(57)50-22-35(60)61/h5-6,10-11,18,23-24,27,29-31,36,48H,7-9,12-17,19-22,43-44H2,1-4H3,(H,49,58)(H,50,57)(H,51,63)(H,52,64)(H,53,59)(H,54,66)(H,55,62)(H,56,65)(H,60,61)(H4,45,46,47)/t27-,29-,30-,31-,36-/m0/s1. The summed E-state index contributed by atoms with van der Waals surface area (Å²) in [5.41, 5.74) is 24.5. The highest BCUT2D eigenvalue weighted by molar-refractivity contribution is 5.97. The van der Waals surface area contributed by atoms with Gasteiger partial charge in [-0.2, -0.15) is 0 Å². The fraction of sp³-hybridized carbons (Fsp3) is 0.571. The number of aliphatic imine (C=N–C) groups is 1. The Morgan fingerprint density at radius 3 is 1.85 bits per heavy atom. The number of nitrogens with zero attached hydrogens (tertiary/aromatic N) is 1. The summed E-state index contributed by atoms with van der Waals surface area (Å²) in [5, 5.41) is 29.4. The van der Waals surface area contributed by atoms with Gasteiger partial charge < -0.3 is 75.6 Å². The minimum Gasteiger partial charge on any atom is -0.480 e. The quantitative estimate of drug-likeness (QED) is 0.0205. The topological polar surface area (TPSA) is 402 Å². The number of nitrogens with one attached hydrogen (secondary N) is 9. The average Bonchev–Trinajstić information content (AvgIpc) is 3.67. The second kappa shape index (κ2) is 28.9. The van der Waals surface area contributed by atoms with Crippen molar-refractivity contribution < 1.29 is 48.3 Å². The maximum Gasteiger partial charge on any atom is 0.322 e. The molecule has 0 aliphatic rings. The molecule has 2 rings (SSSR count). The molecule has 18 N–H and O–H groups in total. The molecule has 0 saturated carbocycles. The second-order valence-corrected chi connectivity index (χ2v) is 16.4. The van der Waals surface area contributed by atoms with Crippen LogP contribution in [0.3, 0.4) is 0 Å². The van der Waals surface area contributed by atoms with E-state index in [1.807, 2.05) is 38.1 Å². The number of unbranched alkanes of at least 4 members (excludes halogenated alkanes) is 1. The van der Waals surface area contributed by atoms with Gasteiger partial charge in [0.05, 0.1) is 25.7 Å². The molecule has 2 aromatic rings. The van der Waals surface area contributed by atoms with E-state index in [-0.39, 0.29) is 50.5 Å². The molecule has 1 aromatic carbocycles. The normalized spacial score (nSPS) is 13.3. The number of amides is 8. The van der Waals surface area contributed by atoms with Gasteiger partial charge in [-0.15, -0.1) is 0 Å². The molecule has 366 valence electrons. The number of aromatic nitrogens is 1. The van der Waals surface area contributed by atoms with Crippen LogP contribution in [0.5, 0.6) is 0 Å². The van der Waals surface area contributed by atoms with E-state index in [1.165, 1.54) is 0 Å². The maximum atomic E-state index is 13.8. The van der Waals surface area contributed by atoms with Gasteiger partial charge in [-0.1, -0.05) is 45.9 Å². The van der Waals surface area contributed by atoms with Gasteiger partial charge in [-0.25, -0.2) is 0 Å². The monoisotopic (exact) mass is 929 g/mol. The van der Waals surface area contributed by atoms with E-state index in [4.69, 9.17) is 28.0 Å². The third kappa shape index (κ3) is 20.8. The van der Waals surface area contributed by atoms with E-state index in [2.05, 4.69) is 52.5 Å². The summed E-state index contributed by atoms with van der Waals surface area (Å²) < 4.78 is 0. The largest absolute Gasteiger partial charge is 0.480 e. The Bertz CT molecular complexity index is 2000. The van der Waals surface area contributed by atoms with Crippen LogP contribution >= 0.6 is 0 Å². The van der Waals surface area contributed by atoms with Crippen LogP contribution in [0.25, 0.3) is 10.9 Å². The molecule has 0 aliphatic heterocycles. The van der Waals surface area contributed by atoms with Crippen LogP contribution < -0.4 is 65.5 Å². The number of hydrogen-bond donors (Lipinski definition) is 14. The van der Waals surface area contributed by atoms with E-state index in [0.29, 0.717) is 19.4 Å². The lowest BCUT2D eigenvalue weighted by Crippen LogP contribution is -2.59. The molecule has 0 radical (unpaired) electrons. The molecule has 24 nitrogen and oxygen atoms in total. The molecular formula is C42H68N14O10. The number of para-hydroxylation sites is 1. The van der Waals surface area contributed by atoms with Crippen LogP contribution in [0.15, 0.2) is 35.5 Å². The smallest absolute Gasteiger partial charge is 0.322 e. The molecule has 0 unspecified atom stereocenters. The van der Waals surface area contributed by atoms with Crippen LogP contribution in [0.2, 0.25) is 0 Å². The van der Waals surface area contributed by atoms with E-state index in [0.717, 1.165) is 16.5 Å². The van der Waals surface area contributed by atoms with Gasteiger partial charge >= 0.3 is 5.97 Å². The molecule has 0 fully saturated rings. The molecule has 5 atom stereocenters. The Kier molecular flexibility index (Phi) is 24.2. The first kappa shape index (κ1) is 55.3. The summed E-state index contributed by atoms with van der Waals surface area (Å²) in [7, 11) is 0. The predicted molar refractivity (Wildman–Crippen MR) is 244 cm³/mol. The molecule has 24 heteroatoms. The van der Waals surface area contributed by atoms with Gasteiger partial charge in [0.2, 0.25) is 47.3 Å². The number of carboxylic acid groups (broad SMARTS) is 1. The van der Waals surface area contributed by atoms with Crippen molar-refractivity contribution in [3.05, 3.63) is 36.0 Å². The highest BCUT2D eigenvalue weighted by atomic mass is 16.4. The zero-order chi connectivity index (χ0) is 49.3. The Labute approximate surface area is 383 Å². The maximum absolute atomic E-state index is 13.8. The third-order valence-electron chi connectivity index (χ3n) is 9.94. The number of fused-ring (bicyclic) bond motifs is 1. The predicted octanol–water partition coefficient (Wildman–Crippen LogP) is -3.59. The Balaban J connectivity index is 2.10. The third-order valence-corrected chi connectivity index (χ3v) is 9.94. The van der Waals surface area contributed by atoms with Gasteiger partial charge in [-0.3, -0.25) is 48.1 Å². The van der Waals surface area contributed by atoms with Crippen molar-refractivity contribution in [2.24, 2.45) is 39.8 Å². The van der Waals surface area contributed by atoms with Crippen LogP contribution in [0, 0.1) is 11.8 Å². The Morgan fingerprint density at radius 2 is 1.24 bits per heavy atom. The van der Waals surface area contributed by atoms with Gasteiger partial charge in [-0.05, 0) is 75.0 Å². The molecule has 1 aromatic heterocycles. The molecule has 0 saturated heterocycles. The molecule has 0 spiro atoms. The zero-order valence-electron chi connectivity index (χ0n) is 38.0. The number of H-pyrrole nitrogens is 1. The van der Waals surface area contributed by atoms with Crippen molar-refractivity contribution in [2.45, 2.75) is 103 Å². The van der Waals surface area contributed by atoms with Crippen molar-refractivity contribution in [3.63, 3.8) is 0 Å². The molecule has 8 amide bonds. The fourth-order valence-electron chi connectivity index (χ4n) is 6.50. The zero-order valence-corrected chi connectivity index (χ0v) is 38.0. The summed E-state index contributed by atoms with van der Waals surface area (Å²) in [5.74, 6) is -7.74. The first-order chi connectivity index (χ1) is 31.2. The average molecular weight is 929 g/mol. The van der Waals surface area contributed by atoms with Gasteiger partial charge in [0.25, 0.3) is 0 Å². The van der Waals surface area contributed by atoms with Crippen molar-refractivity contribution in [2.75, 3.05) is 39.3 Å². The fourth-order valence-corrected chi connectivity index (χ4v) is 6.50. The number of aromatic amines is 1. The van der Waals surface area contributed by atoms with Crippen LogP contribution in [0.4, 0.5) is 0 Å². The summed E-state index contributed by atoms with van der Waals surface area (Å²) in [4.78, 5) is 122. The summed E-state index contributed by atoms with van der Waals surface area (Å²) in [6.45, 7) is 5.13. The Hall–Kier alpha value is -6.82. The number of benzene rings is 1. The lowest BCUT2D eigenvalue weighted by Gasteiger charge is -2.28. The van der Waals surface area contributed by atoms with Crippen molar-refractivity contribution in [3.8, 4) is 0 Å². The van der Waals surface area contributed by atoms with Crippen LogP contribution in [-0.4, -0.2) is 139 Å². The van der Waals surface area contributed by atoms with Crippen LogP contribution in [-0.2, 0) is 49.6 Å². The molecule has 0 bridgehead atoms. The number of carboxylic acids is 1. The minimum absolute atomic E-state index is 0.00111. The number of aliphatic carboxylic acids is 1. The minimum atomic E-state index is -1.28. The Morgan fingerprint density at radius 1 is 0.667 bits per heavy atom. The number of hydrogen-bond acceptors (Lipinski definition) is 12. The van der Waals surface area contributed by atoms with Crippen molar-refractivity contribution in [1.82, 2.24) is 47.5 Å². The van der Waals surface area contributed by atoms with Gasteiger partial charge in [0, 0.05) is 23.6 Å². The second-order valence-electron chi connectivity index (χ2n) is 16.4. The lowest BCUT2D eigenvalue weighted by atomic mass is 9.98. The van der Waals surface area contributed by atoms with E-state index >= 15 is 0 Å². The van der Waals surface area contributed by atoms with Gasteiger partial charge in [0.1, 0.15) is 30.7 Å². The number of rotatable bonds is 30. The summed E-state index contributed by atoms with van der Waals surface area (Å²) in [6.07, 6.45) is 3.49. The highest BCUT2D eigenvalue weighted by Crippen LogP contribution is 2.19. The molecule has 1 heterocycles. The number of carbonyl (C=O) groups excluding carboxylic acids is 8. The number of guanidine groups is 1. The summed E-state index contributed by atoms with van der Waals surface area (Å²) in [6, 6.07) is 2.02. The van der Waals surface area contributed by atoms with Crippen LogP contribution in [0.1, 0.15) is 71.8 Å². The van der Waals surface area contributed by atoms with E-state index in [1.54, 1.807) is 20.0 Å². The van der Waals surface area contributed by atoms with Crippen molar-refractivity contribution in [1.29, 1.82) is 0 Å². The number of nitrogens with two attached hydrogens (primary N) is 4. The summed E-state index contributed by atoms with van der Waals surface area (Å²) >= 11 is 0. The first-order valence-corrected chi connectivity index (χ1v) is 21.8. The van der Waals surface area contributed by atoms with Crippen molar-refractivity contribution >= 4 is 70.1 Å². The van der Waals surface area contributed by atoms with Gasteiger partial charge in [0.15, 0.2) is 5.96 Å².